The lowest BCUT2D eigenvalue weighted by Crippen LogP contribution is -2.36. The summed E-state index contributed by atoms with van der Waals surface area (Å²) in [7, 11) is 1.99. The van der Waals surface area contributed by atoms with Gasteiger partial charge in [-0.25, -0.2) is 4.98 Å². The molecule has 0 aliphatic heterocycles. The van der Waals surface area contributed by atoms with Crippen molar-refractivity contribution in [2.24, 2.45) is 13.0 Å². The molecule has 3 aromatic heterocycles. The van der Waals surface area contributed by atoms with Crippen LogP contribution in [-0.4, -0.2) is 31.7 Å². The van der Waals surface area contributed by atoms with Gasteiger partial charge in [0.05, 0.1) is 16.9 Å². The molecule has 0 spiro atoms. The number of amides is 1. The van der Waals surface area contributed by atoms with Gasteiger partial charge in [0.15, 0.2) is 0 Å². The van der Waals surface area contributed by atoms with E-state index in [2.05, 4.69) is 57.9 Å². The van der Waals surface area contributed by atoms with Crippen molar-refractivity contribution in [1.29, 1.82) is 0 Å². The first-order valence-corrected chi connectivity index (χ1v) is 13.2. The number of carbonyl (C=O) groups excluding carboxylic acids is 1. The molecule has 1 amide bonds. The Balaban J connectivity index is 1.22. The van der Waals surface area contributed by atoms with Gasteiger partial charge in [-0.3, -0.25) is 9.48 Å². The van der Waals surface area contributed by atoms with Crippen LogP contribution in [-0.2, 0) is 32.7 Å². The number of aromatic amines is 1. The lowest BCUT2D eigenvalue weighted by molar-refractivity contribution is 0.0938. The molecule has 4 aromatic rings. The molecule has 1 aliphatic rings. The molecule has 1 aliphatic carbocycles. The Bertz CT molecular complexity index is 1270. The minimum absolute atomic E-state index is 0.00267. The van der Waals surface area contributed by atoms with Crippen LogP contribution in [0.5, 0.6) is 0 Å². The quantitative estimate of drug-likeness (QED) is 0.348. The molecule has 1 aromatic carbocycles. The molecule has 178 valence electrons. The number of carbonyl (C=O) groups is 1. The fourth-order valence-electron chi connectivity index (χ4n) is 5.15. The van der Waals surface area contributed by atoms with Crippen LogP contribution in [0.25, 0.3) is 10.9 Å². The predicted molar refractivity (Wildman–Crippen MR) is 137 cm³/mol. The van der Waals surface area contributed by atoms with Crippen LogP contribution in [0.1, 0.15) is 64.1 Å². The summed E-state index contributed by atoms with van der Waals surface area (Å²) in [6, 6.07) is 8.47. The van der Waals surface area contributed by atoms with Crippen molar-refractivity contribution in [3.05, 3.63) is 69.6 Å². The Morgan fingerprint density at radius 2 is 2.24 bits per heavy atom. The van der Waals surface area contributed by atoms with Crippen molar-refractivity contribution in [3.63, 3.8) is 0 Å². The first-order valence-electron chi connectivity index (χ1n) is 12.4. The Kier molecular flexibility index (Phi) is 6.81. The molecule has 7 heteroatoms. The van der Waals surface area contributed by atoms with Crippen LogP contribution in [0.2, 0.25) is 0 Å². The molecule has 0 bridgehead atoms. The summed E-state index contributed by atoms with van der Waals surface area (Å²) in [5.41, 5.74) is 5.01. The molecule has 0 fully saturated rings. The lowest BCUT2D eigenvalue weighted by atomic mass is 9.86. The highest BCUT2D eigenvalue weighted by Crippen LogP contribution is 2.28. The van der Waals surface area contributed by atoms with Crippen LogP contribution in [0.15, 0.2) is 42.9 Å². The maximum atomic E-state index is 13.1. The molecule has 5 rings (SSSR count). The molecular weight excluding hydrogens is 442 g/mol. The van der Waals surface area contributed by atoms with E-state index in [1.807, 2.05) is 17.8 Å². The average molecular weight is 476 g/mol. The van der Waals surface area contributed by atoms with Crippen LogP contribution in [0, 0.1) is 5.92 Å². The van der Waals surface area contributed by atoms with E-state index < -0.39 is 0 Å². The Morgan fingerprint density at radius 3 is 3.12 bits per heavy atom. The van der Waals surface area contributed by atoms with Gasteiger partial charge in [0.25, 0.3) is 5.91 Å². The first kappa shape index (κ1) is 22.8. The number of nitrogens with zero attached hydrogens (tertiary/aromatic N) is 3. The molecule has 34 heavy (non-hydrogen) atoms. The fraction of sp³-hybridized carbons (Fsp3) is 0.444. The standard InChI is InChI=1S/C27H33N5OS/c1-3-4-7-21(14-19-15-28-24-9-6-5-8-22(19)24)30-27(33)25-16-29-26(34-25)13-18-10-11-23-20(12-18)17-32(2)31-23/h5-6,8-9,15-18,21,28H,3-4,7,10-14H2,1-2H3,(H,30,33). The molecule has 2 N–H and O–H groups in total. The molecule has 0 saturated carbocycles. The van der Waals surface area contributed by atoms with E-state index in [-0.39, 0.29) is 11.9 Å². The number of hydrogen-bond donors (Lipinski definition) is 2. The summed E-state index contributed by atoms with van der Waals surface area (Å²) in [5.74, 6) is 0.570. The number of thiazole rings is 1. The molecule has 2 unspecified atom stereocenters. The summed E-state index contributed by atoms with van der Waals surface area (Å²) < 4.78 is 1.92. The van der Waals surface area contributed by atoms with Crippen LogP contribution >= 0.6 is 11.3 Å². The van der Waals surface area contributed by atoms with E-state index in [1.54, 1.807) is 17.5 Å². The number of aromatic nitrogens is 4. The van der Waals surface area contributed by atoms with Gasteiger partial charge in [-0.2, -0.15) is 5.10 Å². The summed E-state index contributed by atoms with van der Waals surface area (Å²) in [6.45, 7) is 2.19. The number of benzene rings is 1. The molecule has 3 heterocycles. The number of H-pyrrole nitrogens is 1. The summed E-state index contributed by atoms with van der Waals surface area (Å²) >= 11 is 1.55. The lowest BCUT2D eigenvalue weighted by Gasteiger charge is -2.20. The van der Waals surface area contributed by atoms with Crippen LogP contribution in [0.4, 0.5) is 0 Å². The molecule has 2 atom stereocenters. The smallest absolute Gasteiger partial charge is 0.263 e. The predicted octanol–water partition coefficient (Wildman–Crippen LogP) is 5.24. The molecule has 0 saturated heterocycles. The van der Waals surface area contributed by atoms with Crippen molar-refractivity contribution in [3.8, 4) is 0 Å². The monoisotopic (exact) mass is 475 g/mol. The van der Waals surface area contributed by atoms with Crippen LogP contribution < -0.4 is 5.32 Å². The highest BCUT2D eigenvalue weighted by atomic mass is 32.1. The van der Waals surface area contributed by atoms with E-state index in [1.165, 1.54) is 22.2 Å². The van der Waals surface area contributed by atoms with Crippen molar-refractivity contribution in [2.75, 3.05) is 0 Å². The second-order valence-corrected chi connectivity index (χ2v) is 10.7. The summed E-state index contributed by atoms with van der Waals surface area (Å²) in [6.07, 6.45) is 14.2. The highest BCUT2D eigenvalue weighted by molar-refractivity contribution is 7.13. The van der Waals surface area contributed by atoms with Crippen molar-refractivity contribution >= 4 is 28.1 Å². The number of rotatable bonds is 9. The van der Waals surface area contributed by atoms with Crippen molar-refractivity contribution in [1.82, 2.24) is 25.1 Å². The van der Waals surface area contributed by atoms with E-state index in [9.17, 15) is 4.79 Å². The maximum Gasteiger partial charge on any atom is 0.263 e. The zero-order chi connectivity index (χ0) is 23.5. The third-order valence-corrected chi connectivity index (χ3v) is 7.93. The van der Waals surface area contributed by atoms with Crippen molar-refractivity contribution < 1.29 is 4.79 Å². The van der Waals surface area contributed by atoms with Crippen molar-refractivity contribution in [2.45, 2.75) is 64.3 Å². The summed E-state index contributed by atoms with van der Waals surface area (Å²) in [4.78, 5) is 21.8. The van der Waals surface area contributed by atoms with E-state index >= 15 is 0 Å². The second kappa shape index (κ2) is 10.1. The average Bonchev–Trinajstić information content (AvgIpc) is 3.55. The van der Waals surface area contributed by atoms with Gasteiger partial charge < -0.3 is 10.3 Å². The molecule has 6 nitrogen and oxygen atoms in total. The van der Waals surface area contributed by atoms with Gasteiger partial charge in [-0.15, -0.1) is 11.3 Å². The van der Waals surface area contributed by atoms with Gasteiger partial charge in [-0.05, 0) is 55.2 Å². The third-order valence-electron chi connectivity index (χ3n) is 6.91. The van der Waals surface area contributed by atoms with Gasteiger partial charge in [-0.1, -0.05) is 38.0 Å². The highest BCUT2D eigenvalue weighted by Gasteiger charge is 2.23. The van der Waals surface area contributed by atoms with Gasteiger partial charge >= 0.3 is 0 Å². The Labute approximate surface area is 204 Å². The number of aryl methyl sites for hydroxylation is 2. The number of para-hydroxylation sites is 1. The van der Waals surface area contributed by atoms with Gasteiger partial charge in [0.1, 0.15) is 4.88 Å². The van der Waals surface area contributed by atoms with Gasteiger partial charge in [0, 0.05) is 42.8 Å². The number of fused-ring (bicyclic) bond motifs is 2. The fourth-order valence-corrected chi connectivity index (χ4v) is 6.08. The zero-order valence-corrected chi connectivity index (χ0v) is 20.8. The largest absolute Gasteiger partial charge is 0.361 e. The van der Waals surface area contributed by atoms with E-state index in [4.69, 9.17) is 0 Å². The Morgan fingerprint density at radius 1 is 1.35 bits per heavy atom. The Hall–Kier alpha value is -2.93. The molecular formula is C27H33N5OS. The minimum Gasteiger partial charge on any atom is -0.361 e. The van der Waals surface area contributed by atoms with E-state index in [0.29, 0.717) is 10.8 Å². The minimum atomic E-state index is 0.00267. The second-order valence-electron chi connectivity index (χ2n) is 9.58. The normalized spacial score (nSPS) is 16.5. The summed E-state index contributed by atoms with van der Waals surface area (Å²) in [5, 5.41) is 10.2. The number of hydrogen-bond acceptors (Lipinski definition) is 4. The van der Waals surface area contributed by atoms with Crippen LogP contribution in [0.3, 0.4) is 0 Å². The topological polar surface area (TPSA) is 75.6 Å². The maximum absolute atomic E-state index is 13.1. The zero-order valence-electron chi connectivity index (χ0n) is 20.0. The number of nitrogens with one attached hydrogen (secondary N) is 2. The van der Waals surface area contributed by atoms with E-state index in [0.717, 1.165) is 61.9 Å². The number of unbranched alkanes of at least 4 members (excludes halogenated alkanes) is 1. The third kappa shape index (κ3) is 5.09. The first-order chi connectivity index (χ1) is 16.6. The molecule has 0 radical (unpaired) electrons. The SMILES string of the molecule is CCCCC(Cc1c[nH]c2ccccc12)NC(=O)c1cnc(CC2CCc3nn(C)cc3C2)s1. The van der Waals surface area contributed by atoms with Gasteiger partial charge in [0.2, 0.25) is 0 Å².